The highest BCUT2D eigenvalue weighted by molar-refractivity contribution is 6.31. The molecule has 2 aromatic carbocycles. The summed E-state index contributed by atoms with van der Waals surface area (Å²) in [6, 6.07) is 10.6. The van der Waals surface area contributed by atoms with E-state index in [9.17, 15) is 18.8 Å². The molecule has 0 fully saturated rings. The normalized spacial score (nSPS) is 12.5. The Balaban J connectivity index is 2.00. The van der Waals surface area contributed by atoms with Crippen molar-refractivity contribution in [2.45, 2.75) is 25.5 Å². The average Bonchev–Trinajstić information content (AvgIpc) is 2.64. The van der Waals surface area contributed by atoms with Crippen molar-refractivity contribution in [3.05, 3.63) is 64.9 Å². The molecule has 0 spiro atoms. The minimum atomic E-state index is -1.18. The number of rotatable bonds is 7. The monoisotopic (exact) mass is 407 g/mol. The van der Waals surface area contributed by atoms with Gasteiger partial charge < -0.3 is 21.1 Å². The predicted octanol–water partition coefficient (Wildman–Crippen LogP) is 2.63. The largest absolute Gasteiger partial charge is 0.451 e. The van der Waals surface area contributed by atoms with Gasteiger partial charge in [-0.05, 0) is 30.7 Å². The number of primary amides is 1. The maximum absolute atomic E-state index is 13.2. The van der Waals surface area contributed by atoms with E-state index in [1.807, 2.05) is 6.07 Å². The molecule has 0 aliphatic carbocycles. The van der Waals surface area contributed by atoms with E-state index in [2.05, 4.69) is 10.6 Å². The Morgan fingerprint density at radius 2 is 1.86 bits per heavy atom. The lowest BCUT2D eigenvalue weighted by Crippen LogP contribution is -2.47. The van der Waals surface area contributed by atoms with Gasteiger partial charge in [0, 0.05) is 12.1 Å². The molecule has 148 valence electrons. The zero-order valence-corrected chi connectivity index (χ0v) is 15.7. The van der Waals surface area contributed by atoms with Crippen molar-refractivity contribution in [3.8, 4) is 0 Å². The van der Waals surface area contributed by atoms with Crippen LogP contribution in [0.5, 0.6) is 0 Å². The molecule has 9 heteroatoms. The van der Waals surface area contributed by atoms with Crippen LogP contribution in [0.1, 0.15) is 12.5 Å². The van der Waals surface area contributed by atoms with E-state index < -0.39 is 35.9 Å². The van der Waals surface area contributed by atoms with Crippen molar-refractivity contribution in [2.24, 2.45) is 5.73 Å². The lowest BCUT2D eigenvalue weighted by atomic mass is 10.1. The van der Waals surface area contributed by atoms with Crippen LogP contribution in [0.4, 0.5) is 14.9 Å². The molecule has 2 rings (SSSR count). The first-order valence-electron chi connectivity index (χ1n) is 8.32. The second-order valence-corrected chi connectivity index (χ2v) is 6.36. The summed E-state index contributed by atoms with van der Waals surface area (Å²) in [5, 5.41) is 4.62. The fourth-order valence-corrected chi connectivity index (χ4v) is 2.52. The zero-order chi connectivity index (χ0) is 20.7. The summed E-state index contributed by atoms with van der Waals surface area (Å²) in [6.07, 6.45) is -1.03. The molecule has 2 aromatic rings. The number of esters is 1. The van der Waals surface area contributed by atoms with E-state index in [1.54, 1.807) is 24.3 Å². The first-order valence-corrected chi connectivity index (χ1v) is 8.70. The van der Waals surface area contributed by atoms with Gasteiger partial charge in [-0.1, -0.05) is 41.9 Å². The number of ether oxygens (including phenoxy) is 1. The number of carbonyl (C=O) groups excluding carboxylic acids is 3. The maximum atomic E-state index is 13.2. The van der Waals surface area contributed by atoms with Gasteiger partial charge in [0.1, 0.15) is 11.9 Å². The van der Waals surface area contributed by atoms with Crippen LogP contribution in [0.3, 0.4) is 0 Å². The number of hydrogen-bond acceptors (Lipinski definition) is 4. The van der Waals surface area contributed by atoms with Gasteiger partial charge in [-0.25, -0.2) is 14.0 Å². The molecule has 0 aliphatic heterocycles. The lowest BCUT2D eigenvalue weighted by molar-refractivity contribution is -0.155. The van der Waals surface area contributed by atoms with Crippen molar-refractivity contribution in [2.75, 3.05) is 5.32 Å². The zero-order valence-electron chi connectivity index (χ0n) is 14.9. The van der Waals surface area contributed by atoms with Gasteiger partial charge in [-0.3, -0.25) is 4.79 Å². The van der Waals surface area contributed by atoms with Crippen molar-refractivity contribution in [1.82, 2.24) is 5.32 Å². The molecule has 0 aliphatic rings. The molecule has 0 saturated carbocycles. The standard InChI is InChI=1S/C19H19ClFN3O4/c1-11(17(25)23-13-7-8-15(21)14(20)10-13)28-18(26)16(24-19(22)27)9-12-5-3-2-4-6-12/h2-8,10-11,16H,9H2,1H3,(H,23,25)(H3,22,24,27)/t11-,16+/m1/s1. The molecular weight excluding hydrogens is 389 g/mol. The number of nitrogens with two attached hydrogens (primary N) is 1. The molecule has 0 radical (unpaired) electrons. The molecule has 0 unspecified atom stereocenters. The van der Waals surface area contributed by atoms with Crippen molar-refractivity contribution in [1.29, 1.82) is 0 Å². The molecule has 0 saturated heterocycles. The second-order valence-electron chi connectivity index (χ2n) is 5.95. The van der Waals surface area contributed by atoms with Crippen LogP contribution in [0, 0.1) is 5.82 Å². The van der Waals surface area contributed by atoms with Crippen LogP contribution < -0.4 is 16.4 Å². The van der Waals surface area contributed by atoms with Crippen LogP contribution in [-0.4, -0.2) is 30.1 Å². The predicted molar refractivity (Wildman–Crippen MR) is 102 cm³/mol. The number of anilines is 1. The molecule has 0 heterocycles. The Labute approximate surface area is 166 Å². The van der Waals surface area contributed by atoms with Crippen LogP contribution in [0.25, 0.3) is 0 Å². The lowest BCUT2D eigenvalue weighted by Gasteiger charge is -2.20. The minimum absolute atomic E-state index is 0.143. The molecule has 2 atom stereocenters. The molecule has 3 amide bonds. The van der Waals surface area contributed by atoms with Crippen molar-refractivity contribution < 1.29 is 23.5 Å². The fourth-order valence-electron chi connectivity index (χ4n) is 2.34. The Morgan fingerprint density at radius 1 is 1.18 bits per heavy atom. The maximum Gasteiger partial charge on any atom is 0.329 e. The highest BCUT2D eigenvalue weighted by atomic mass is 35.5. The number of amides is 3. The van der Waals surface area contributed by atoms with E-state index in [0.29, 0.717) is 0 Å². The smallest absolute Gasteiger partial charge is 0.329 e. The average molecular weight is 408 g/mol. The Morgan fingerprint density at radius 3 is 2.46 bits per heavy atom. The number of carbonyl (C=O) groups is 3. The van der Waals surface area contributed by atoms with E-state index in [4.69, 9.17) is 22.1 Å². The van der Waals surface area contributed by atoms with E-state index >= 15 is 0 Å². The summed E-state index contributed by atoms with van der Waals surface area (Å²) in [4.78, 5) is 35.8. The van der Waals surface area contributed by atoms with Gasteiger partial charge in [0.05, 0.1) is 5.02 Å². The van der Waals surface area contributed by atoms with Crippen molar-refractivity contribution in [3.63, 3.8) is 0 Å². The molecule has 4 N–H and O–H groups in total. The van der Waals surface area contributed by atoms with E-state index in [0.717, 1.165) is 11.6 Å². The Bertz CT molecular complexity index is 864. The SMILES string of the molecule is C[C@@H](OC(=O)[C@H](Cc1ccccc1)NC(N)=O)C(=O)Nc1ccc(F)c(Cl)c1. The summed E-state index contributed by atoms with van der Waals surface area (Å²) in [5.41, 5.74) is 6.14. The third-order valence-corrected chi connectivity index (χ3v) is 4.02. The van der Waals surface area contributed by atoms with Gasteiger partial charge >= 0.3 is 12.0 Å². The molecule has 0 bridgehead atoms. The first kappa shape index (κ1) is 21.2. The van der Waals surface area contributed by atoms with Gasteiger partial charge in [-0.2, -0.15) is 0 Å². The third-order valence-electron chi connectivity index (χ3n) is 3.73. The number of hydrogen-bond donors (Lipinski definition) is 3. The van der Waals surface area contributed by atoms with Crippen molar-refractivity contribution >= 4 is 35.2 Å². The molecule has 28 heavy (non-hydrogen) atoms. The number of nitrogens with one attached hydrogen (secondary N) is 2. The van der Waals surface area contributed by atoms with Crippen LogP contribution in [0.2, 0.25) is 5.02 Å². The van der Waals surface area contributed by atoms with Crippen LogP contribution in [-0.2, 0) is 20.7 Å². The summed E-state index contributed by atoms with van der Waals surface area (Å²) in [7, 11) is 0. The number of benzene rings is 2. The van der Waals surface area contributed by atoms with Gasteiger partial charge in [0.15, 0.2) is 6.10 Å². The minimum Gasteiger partial charge on any atom is -0.451 e. The topological polar surface area (TPSA) is 111 Å². The van der Waals surface area contributed by atoms with Gasteiger partial charge in [-0.15, -0.1) is 0 Å². The third kappa shape index (κ3) is 6.24. The first-order chi connectivity index (χ1) is 13.3. The van der Waals surface area contributed by atoms with E-state index in [-0.39, 0.29) is 17.1 Å². The molecule has 0 aromatic heterocycles. The summed E-state index contributed by atoms with van der Waals surface area (Å²) >= 11 is 5.66. The number of urea groups is 1. The number of halogens is 2. The van der Waals surface area contributed by atoms with Gasteiger partial charge in [0.25, 0.3) is 5.91 Å². The Hall–Kier alpha value is -3.13. The van der Waals surface area contributed by atoms with Gasteiger partial charge in [0.2, 0.25) is 0 Å². The van der Waals surface area contributed by atoms with Crippen LogP contribution >= 0.6 is 11.6 Å². The molecular formula is C19H19ClFN3O4. The molecule has 7 nitrogen and oxygen atoms in total. The second kappa shape index (κ2) is 9.70. The Kier molecular flexibility index (Phi) is 7.34. The highest BCUT2D eigenvalue weighted by Gasteiger charge is 2.26. The quantitative estimate of drug-likeness (QED) is 0.612. The summed E-state index contributed by atoms with van der Waals surface area (Å²) in [6.45, 7) is 1.36. The highest BCUT2D eigenvalue weighted by Crippen LogP contribution is 2.19. The van der Waals surface area contributed by atoms with E-state index in [1.165, 1.54) is 19.1 Å². The summed E-state index contributed by atoms with van der Waals surface area (Å²) in [5.74, 6) is -2.09. The van der Waals surface area contributed by atoms with Crippen LogP contribution in [0.15, 0.2) is 48.5 Å². The fraction of sp³-hybridized carbons (Fsp3) is 0.211. The summed E-state index contributed by atoms with van der Waals surface area (Å²) < 4.78 is 18.3.